The molecule has 0 aromatic heterocycles. The molecule has 0 aliphatic heterocycles. The number of hydrogen-bond acceptors (Lipinski definition) is 7. The minimum atomic E-state index is -4.09. The highest BCUT2D eigenvalue weighted by Gasteiger charge is 2.34. The average molecular weight is 643 g/mol. The molecule has 5 rings (SSSR count). The largest absolute Gasteiger partial charge is 0.647 e. The maximum Gasteiger partial charge on any atom is 0.647 e. The van der Waals surface area contributed by atoms with E-state index in [1.807, 2.05) is 78.9 Å². The maximum absolute atomic E-state index is 13.8. The van der Waals surface area contributed by atoms with E-state index in [9.17, 15) is 9.13 Å². The zero-order valence-electron chi connectivity index (χ0n) is 25.6. The molecule has 7 nitrogen and oxygen atoms in total. The Labute approximate surface area is 265 Å². The van der Waals surface area contributed by atoms with Gasteiger partial charge in [0.25, 0.3) is 8.03 Å². The van der Waals surface area contributed by atoms with Crippen LogP contribution in [0.2, 0.25) is 0 Å². The van der Waals surface area contributed by atoms with Gasteiger partial charge in [0.15, 0.2) is 5.34 Å². The minimum Gasteiger partial charge on any atom is -0.477 e. The van der Waals surface area contributed by atoms with Gasteiger partial charge in [-0.3, -0.25) is 4.57 Å². The van der Waals surface area contributed by atoms with Crippen LogP contribution in [0.4, 0.5) is 0 Å². The Morgan fingerprint density at radius 1 is 0.489 bits per heavy atom. The van der Waals surface area contributed by atoms with Gasteiger partial charge in [0, 0.05) is 5.41 Å². The number of para-hydroxylation sites is 3. The molecule has 0 amide bonds. The lowest BCUT2D eigenvalue weighted by molar-refractivity contribution is 0.184. The molecule has 0 saturated carbocycles. The van der Waals surface area contributed by atoms with Crippen molar-refractivity contribution in [2.24, 2.45) is 0 Å². The van der Waals surface area contributed by atoms with E-state index in [1.165, 1.54) is 0 Å². The van der Waals surface area contributed by atoms with Crippen molar-refractivity contribution in [1.82, 2.24) is 0 Å². The van der Waals surface area contributed by atoms with Crippen molar-refractivity contribution in [2.75, 3.05) is 0 Å². The minimum absolute atomic E-state index is 0.332. The lowest BCUT2D eigenvalue weighted by atomic mass is 9.78. The summed E-state index contributed by atoms with van der Waals surface area (Å²) in [6.07, 6.45) is 0. The van der Waals surface area contributed by atoms with Crippen LogP contribution >= 0.6 is 15.9 Å². The Bertz CT molecular complexity index is 1700. The fourth-order valence-corrected chi connectivity index (χ4v) is 6.55. The van der Waals surface area contributed by atoms with Crippen LogP contribution in [-0.2, 0) is 14.5 Å². The van der Waals surface area contributed by atoms with E-state index in [1.54, 1.807) is 74.5 Å². The highest BCUT2D eigenvalue weighted by atomic mass is 31.2. The Hall–Kier alpha value is -4.44. The molecule has 0 spiro atoms. The number of benzene rings is 5. The van der Waals surface area contributed by atoms with Crippen LogP contribution in [0.1, 0.15) is 38.8 Å². The first-order chi connectivity index (χ1) is 21.5. The molecule has 0 N–H and O–H groups in total. The standard InChI is InChI=1S/C36H36O7P2/c1-35(2,28-20-24-31(25-21-28)40-44(37)36(3,4)39-30-14-8-5-9-15-30)29-22-26-34(27-23-29)43-45(38,41-32-16-10-6-11-17-32)42-33-18-12-7-13-19-33/h5-27,44H,1-4H3. The van der Waals surface area contributed by atoms with Gasteiger partial charge in [-0.1, -0.05) is 92.7 Å². The number of rotatable bonds is 13. The lowest BCUT2D eigenvalue weighted by Crippen LogP contribution is -2.25. The fraction of sp³-hybridized carbons (Fsp3) is 0.167. The van der Waals surface area contributed by atoms with Gasteiger partial charge in [-0.2, -0.15) is 4.57 Å². The quantitative estimate of drug-likeness (QED) is 0.118. The Balaban J connectivity index is 1.27. The zero-order chi connectivity index (χ0) is 31.9. The number of hydrogen-bond donors (Lipinski definition) is 0. The summed E-state index contributed by atoms with van der Waals surface area (Å²) in [5, 5.41) is -0.990. The summed E-state index contributed by atoms with van der Waals surface area (Å²) < 4.78 is 55.9. The second-order valence-electron chi connectivity index (χ2n) is 11.3. The second kappa shape index (κ2) is 13.7. The summed E-state index contributed by atoms with van der Waals surface area (Å²) in [5.41, 5.74) is 1.62. The predicted molar refractivity (Wildman–Crippen MR) is 178 cm³/mol. The SMILES string of the molecule is CC(C)(c1ccc(O[PH](=O)C(C)(C)Oc2ccccc2)cc1)c1ccc(OP(=O)(Oc2ccccc2)Oc2ccccc2)cc1. The Morgan fingerprint density at radius 2 is 0.844 bits per heavy atom. The van der Waals surface area contributed by atoms with Crippen LogP contribution in [0.25, 0.3) is 0 Å². The molecule has 0 fully saturated rings. The smallest absolute Gasteiger partial charge is 0.477 e. The summed E-state index contributed by atoms with van der Waals surface area (Å²) in [4.78, 5) is 0. The van der Waals surface area contributed by atoms with E-state index in [0.717, 1.165) is 11.1 Å². The molecule has 0 radical (unpaired) electrons. The predicted octanol–water partition coefficient (Wildman–Crippen LogP) is 10.3. The monoisotopic (exact) mass is 642 g/mol. The third kappa shape index (κ3) is 8.39. The zero-order valence-corrected chi connectivity index (χ0v) is 27.5. The van der Waals surface area contributed by atoms with E-state index in [2.05, 4.69) is 13.8 Å². The van der Waals surface area contributed by atoms with Crippen molar-refractivity contribution in [3.63, 3.8) is 0 Å². The molecule has 0 aliphatic carbocycles. The third-order valence-corrected chi connectivity index (χ3v) is 9.92. The molecular weight excluding hydrogens is 606 g/mol. The first-order valence-corrected chi connectivity index (χ1v) is 17.3. The van der Waals surface area contributed by atoms with Crippen molar-refractivity contribution in [2.45, 2.75) is 38.5 Å². The fourth-order valence-electron chi connectivity index (χ4n) is 4.50. The van der Waals surface area contributed by atoms with Crippen molar-refractivity contribution in [3.05, 3.63) is 151 Å². The van der Waals surface area contributed by atoms with Crippen LogP contribution in [0.15, 0.2) is 140 Å². The first kappa shape index (κ1) is 32.0. The number of ether oxygens (including phenoxy) is 1. The molecule has 5 aromatic carbocycles. The van der Waals surface area contributed by atoms with Gasteiger partial charge in [0.1, 0.15) is 28.7 Å². The summed E-state index contributed by atoms with van der Waals surface area (Å²) in [6.45, 7) is 7.71. The van der Waals surface area contributed by atoms with Gasteiger partial charge in [-0.25, -0.2) is 0 Å². The molecule has 45 heavy (non-hydrogen) atoms. The highest BCUT2D eigenvalue weighted by Crippen LogP contribution is 2.50. The van der Waals surface area contributed by atoms with Gasteiger partial charge < -0.3 is 22.8 Å². The van der Waals surface area contributed by atoms with E-state index in [-0.39, 0.29) is 0 Å². The van der Waals surface area contributed by atoms with E-state index >= 15 is 0 Å². The number of phosphoric ester groups is 1. The first-order valence-electron chi connectivity index (χ1n) is 14.5. The van der Waals surface area contributed by atoms with Crippen LogP contribution in [0.5, 0.6) is 28.7 Å². The summed E-state index contributed by atoms with van der Waals surface area (Å²) in [5.74, 6) is 2.19. The van der Waals surface area contributed by atoms with Gasteiger partial charge in [-0.15, -0.1) is 0 Å². The normalized spacial score (nSPS) is 12.5. The average Bonchev–Trinajstić information content (AvgIpc) is 3.02. The Morgan fingerprint density at radius 3 is 1.27 bits per heavy atom. The molecule has 1 unspecified atom stereocenters. The lowest BCUT2D eigenvalue weighted by Gasteiger charge is -2.27. The molecule has 0 saturated heterocycles. The molecule has 0 bridgehead atoms. The highest BCUT2D eigenvalue weighted by molar-refractivity contribution is 7.49. The summed E-state index contributed by atoms with van der Waals surface area (Å²) in [6, 6.07) is 41.6. The topological polar surface area (TPSA) is 80.3 Å². The van der Waals surface area contributed by atoms with E-state index < -0.39 is 26.6 Å². The van der Waals surface area contributed by atoms with Crippen LogP contribution < -0.4 is 22.8 Å². The summed E-state index contributed by atoms with van der Waals surface area (Å²) >= 11 is 0. The van der Waals surface area contributed by atoms with Crippen molar-refractivity contribution >= 4 is 15.9 Å². The van der Waals surface area contributed by atoms with Crippen molar-refractivity contribution in [3.8, 4) is 28.7 Å². The molecule has 232 valence electrons. The van der Waals surface area contributed by atoms with Crippen molar-refractivity contribution in [1.29, 1.82) is 0 Å². The van der Waals surface area contributed by atoms with Gasteiger partial charge >= 0.3 is 7.82 Å². The van der Waals surface area contributed by atoms with Gasteiger partial charge in [0.05, 0.1) is 0 Å². The second-order valence-corrected chi connectivity index (χ2v) is 14.8. The number of phosphoric acid groups is 1. The molecule has 1 atom stereocenters. The van der Waals surface area contributed by atoms with Crippen molar-refractivity contribution < 1.29 is 32.0 Å². The summed E-state index contributed by atoms with van der Waals surface area (Å²) in [7, 11) is -6.70. The maximum atomic E-state index is 13.8. The molecule has 5 aromatic rings. The molecular formula is C36H36O7P2. The Kier molecular flexibility index (Phi) is 9.72. The molecule has 0 heterocycles. The van der Waals surface area contributed by atoms with Crippen LogP contribution in [-0.4, -0.2) is 5.34 Å². The van der Waals surface area contributed by atoms with Gasteiger partial charge in [0.2, 0.25) is 0 Å². The van der Waals surface area contributed by atoms with Crippen LogP contribution in [0, 0.1) is 0 Å². The molecule has 0 aliphatic rings. The van der Waals surface area contributed by atoms with E-state index in [4.69, 9.17) is 22.8 Å². The molecule has 9 heteroatoms. The third-order valence-electron chi connectivity index (χ3n) is 7.11. The van der Waals surface area contributed by atoms with Gasteiger partial charge in [-0.05, 0) is 85.6 Å². The van der Waals surface area contributed by atoms with Crippen LogP contribution in [0.3, 0.4) is 0 Å². The van der Waals surface area contributed by atoms with E-state index in [0.29, 0.717) is 28.7 Å².